The van der Waals surface area contributed by atoms with Crippen molar-refractivity contribution >= 4 is 17.3 Å². The van der Waals surface area contributed by atoms with Gasteiger partial charge >= 0.3 is 0 Å². The van der Waals surface area contributed by atoms with Crippen molar-refractivity contribution in [1.82, 2.24) is 5.43 Å². The van der Waals surface area contributed by atoms with Gasteiger partial charge in [-0.2, -0.15) is 5.10 Å². The van der Waals surface area contributed by atoms with E-state index in [1.165, 1.54) is 17.3 Å². The number of nitrogens with zero attached hydrogens (tertiary/aromatic N) is 2. The molecule has 2 N–H and O–H groups in total. The lowest BCUT2D eigenvalue weighted by atomic mass is 10.1. The molecule has 32 heavy (non-hydrogen) atoms. The smallest absolute Gasteiger partial charge is 0.271 e. The fraction of sp³-hybridized carbons (Fsp3) is 0.231. The predicted molar refractivity (Wildman–Crippen MR) is 125 cm³/mol. The molecule has 0 saturated carbocycles. The number of hydrogen-bond donors (Lipinski definition) is 2. The van der Waals surface area contributed by atoms with Crippen LogP contribution in [0.3, 0.4) is 0 Å². The molecule has 0 radical (unpaired) electrons. The Hall–Kier alpha value is -3.64. The lowest BCUT2D eigenvalue weighted by Gasteiger charge is -2.33. The van der Waals surface area contributed by atoms with Gasteiger partial charge in [0.2, 0.25) is 0 Å². The van der Waals surface area contributed by atoms with Crippen LogP contribution in [0.5, 0.6) is 5.75 Å². The average Bonchev–Trinajstić information content (AvgIpc) is 2.84. The molecule has 1 aliphatic heterocycles. The fourth-order valence-corrected chi connectivity index (χ4v) is 3.98. The molecule has 1 aliphatic rings. The third-order valence-corrected chi connectivity index (χ3v) is 5.86. The van der Waals surface area contributed by atoms with Crippen molar-refractivity contribution in [2.75, 3.05) is 31.1 Å². The second-order valence-electron chi connectivity index (χ2n) is 8.08. The molecule has 1 saturated heterocycles. The first-order valence-corrected chi connectivity index (χ1v) is 10.9. The summed E-state index contributed by atoms with van der Waals surface area (Å²) in [5.41, 5.74) is 6.56. The third kappa shape index (κ3) is 5.34. The van der Waals surface area contributed by atoms with Gasteiger partial charge in [-0.1, -0.05) is 60.3 Å². The summed E-state index contributed by atoms with van der Waals surface area (Å²) >= 11 is 0. The summed E-state index contributed by atoms with van der Waals surface area (Å²) < 4.78 is 0. The monoisotopic (exact) mass is 428 g/mol. The van der Waals surface area contributed by atoms with Crippen molar-refractivity contribution in [2.45, 2.75) is 13.5 Å². The lowest BCUT2D eigenvalue weighted by molar-refractivity contribution is -0.914. The Labute approximate surface area is 188 Å². The van der Waals surface area contributed by atoms with Crippen molar-refractivity contribution in [1.29, 1.82) is 0 Å². The van der Waals surface area contributed by atoms with Crippen molar-refractivity contribution in [3.8, 4) is 5.75 Å². The van der Waals surface area contributed by atoms with E-state index in [4.69, 9.17) is 0 Å². The van der Waals surface area contributed by atoms with E-state index in [2.05, 4.69) is 39.7 Å². The SMILES string of the molecule is CC(=NNC(=O)c1ccc(C[NH+]2CCN(c3ccccc3)CC2)cc1)c1ccccc1[O-]. The van der Waals surface area contributed by atoms with Gasteiger partial charge in [0, 0.05) is 16.8 Å². The maximum absolute atomic E-state index is 12.4. The van der Waals surface area contributed by atoms with Crippen LogP contribution in [0.2, 0.25) is 0 Å². The van der Waals surface area contributed by atoms with E-state index in [1.54, 1.807) is 30.0 Å². The van der Waals surface area contributed by atoms with Crippen molar-refractivity contribution < 1.29 is 14.8 Å². The summed E-state index contributed by atoms with van der Waals surface area (Å²) in [5.74, 6) is -0.400. The second kappa shape index (κ2) is 10.1. The molecule has 4 rings (SSSR count). The molecule has 164 valence electrons. The molecule has 0 bridgehead atoms. The molecule has 6 heteroatoms. The number of nitrogens with one attached hydrogen (secondary N) is 2. The standard InChI is InChI=1S/C26H28N4O2/c1-20(24-9-5-6-10-25(24)31)27-28-26(32)22-13-11-21(12-14-22)19-29-15-17-30(18-16-29)23-7-3-2-4-8-23/h2-14,31H,15-19H2,1H3,(H,28,32). The van der Waals surface area contributed by atoms with Crippen LogP contribution in [-0.4, -0.2) is 37.8 Å². The zero-order chi connectivity index (χ0) is 22.3. The molecule has 6 nitrogen and oxygen atoms in total. The van der Waals surface area contributed by atoms with E-state index >= 15 is 0 Å². The molecule has 3 aromatic carbocycles. The fourth-order valence-electron chi connectivity index (χ4n) is 3.98. The first-order chi connectivity index (χ1) is 15.6. The number of benzene rings is 3. The molecule has 3 aromatic rings. The van der Waals surface area contributed by atoms with Crippen molar-refractivity contribution in [3.63, 3.8) is 0 Å². The number of para-hydroxylation sites is 2. The van der Waals surface area contributed by atoms with E-state index in [-0.39, 0.29) is 11.7 Å². The van der Waals surface area contributed by atoms with Gasteiger partial charge in [-0.3, -0.25) is 4.79 Å². The Morgan fingerprint density at radius 2 is 1.62 bits per heavy atom. The highest BCUT2D eigenvalue weighted by Crippen LogP contribution is 2.14. The molecule has 1 fully saturated rings. The van der Waals surface area contributed by atoms with Gasteiger partial charge < -0.3 is 14.9 Å². The Kier molecular flexibility index (Phi) is 6.82. The first-order valence-electron chi connectivity index (χ1n) is 10.9. The minimum atomic E-state index is -0.289. The van der Waals surface area contributed by atoms with Crippen LogP contribution >= 0.6 is 0 Å². The first kappa shape index (κ1) is 21.6. The topological polar surface area (TPSA) is 72.2 Å². The highest BCUT2D eigenvalue weighted by atomic mass is 16.3. The minimum Gasteiger partial charge on any atom is -0.872 e. The largest absolute Gasteiger partial charge is 0.872 e. The lowest BCUT2D eigenvalue weighted by Crippen LogP contribution is -3.13. The van der Waals surface area contributed by atoms with E-state index in [0.29, 0.717) is 16.8 Å². The van der Waals surface area contributed by atoms with Crippen LogP contribution < -0.4 is 20.3 Å². The molecule has 0 aromatic heterocycles. The predicted octanol–water partition coefficient (Wildman–Crippen LogP) is 1.82. The highest BCUT2D eigenvalue weighted by molar-refractivity contribution is 6.02. The highest BCUT2D eigenvalue weighted by Gasteiger charge is 2.20. The number of quaternary nitrogens is 1. The Bertz CT molecular complexity index is 1070. The van der Waals surface area contributed by atoms with Crippen LogP contribution in [0.15, 0.2) is 84.0 Å². The third-order valence-electron chi connectivity index (χ3n) is 5.86. The quantitative estimate of drug-likeness (QED) is 0.465. The summed E-state index contributed by atoms with van der Waals surface area (Å²) in [7, 11) is 0. The second-order valence-corrected chi connectivity index (χ2v) is 8.08. The molecular weight excluding hydrogens is 400 g/mol. The molecule has 1 heterocycles. The summed E-state index contributed by atoms with van der Waals surface area (Å²) in [4.78, 5) is 16.4. The van der Waals surface area contributed by atoms with Crippen molar-refractivity contribution in [2.24, 2.45) is 5.10 Å². The van der Waals surface area contributed by atoms with Gasteiger partial charge in [0.25, 0.3) is 5.91 Å². The van der Waals surface area contributed by atoms with E-state index in [0.717, 1.165) is 32.7 Å². The summed E-state index contributed by atoms with van der Waals surface area (Å²) in [6.45, 7) is 6.93. The molecule has 0 unspecified atom stereocenters. The van der Waals surface area contributed by atoms with Crippen LogP contribution in [0.1, 0.15) is 28.4 Å². The van der Waals surface area contributed by atoms with Gasteiger partial charge in [-0.25, -0.2) is 5.43 Å². The number of carbonyl (C=O) groups excluding carboxylic acids is 1. The number of amides is 1. The summed E-state index contributed by atoms with van der Waals surface area (Å²) in [6, 6.07) is 24.9. The summed E-state index contributed by atoms with van der Waals surface area (Å²) in [6.07, 6.45) is 0. The summed E-state index contributed by atoms with van der Waals surface area (Å²) in [5, 5.41) is 16.0. The van der Waals surface area contributed by atoms with Gasteiger partial charge in [-0.15, -0.1) is 0 Å². The van der Waals surface area contributed by atoms with Gasteiger partial charge in [0.1, 0.15) is 6.54 Å². The Morgan fingerprint density at radius 3 is 2.31 bits per heavy atom. The zero-order valence-electron chi connectivity index (χ0n) is 18.3. The van der Waals surface area contributed by atoms with Crippen molar-refractivity contribution in [3.05, 3.63) is 95.6 Å². The van der Waals surface area contributed by atoms with Gasteiger partial charge in [0.15, 0.2) is 0 Å². The average molecular weight is 429 g/mol. The van der Waals surface area contributed by atoms with E-state index in [1.807, 2.05) is 30.3 Å². The maximum Gasteiger partial charge on any atom is 0.271 e. The molecule has 1 amide bonds. The number of piperazine rings is 1. The van der Waals surface area contributed by atoms with E-state index in [9.17, 15) is 9.90 Å². The normalized spacial score (nSPS) is 14.9. The van der Waals surface area contributed by atoms with Crippen LogP contribution in [0.4, 0.5) is 5.69 Å². The molecule has 0 aliphatic carbocycles. The van der Waals surface area contributed by atoms with Gasteiger partial charge in [-0.05, 0) is 36.8 Å². The number of hydrogen-bond acceptors (Lipinski definition) is 4. The van der Waals surface area contributed by atoms with Crippen LogP contribution in [0, 0.1) is 0 Å². The van der Waals surface area contributed by atoms with Crippen LogP contribution in [0.25, 0.3) is 0 Å². The number of anilines is 1. The Balaban J connectivity index is 1.29. The molecule has 0 spiro atoms. The van der Waals surface area contributed by atoms with Crippen LogP contribution in [-0.2, 0) is 6.54 Å². The van der Waals surface area contributed by atoms with Gasteiger partial charge in [0.05, 0.1) is 31.9 Å². The van der Waals surface area contributed by atoms with E-state index < -0.39 is 0 Å². The Morgan fingerprint density at radius 1 is 0.969 bits per heavy atom. The number of rotatable bonds is 6. The number of hydrazone groups is 1. The maximum atomic E-state index is 12.4. The molecular formula is C26H28N4O2. The number of carbonyl (C=O) groups is 1. The minimum absolute atomic E-state index is 0.112. The molecule has 0 atom stereocenters. The zero-order valence-corrected chi connectivity index (χ0v) is 18.3.